The zero-order chi connectivity index (χ0) is 36.2. The molecule has 0 amide bonds. The van der Waals surface area contributed by atoms with Crippen molar-refractivity contribution in [2.45, 2.75) is 63.1 Å². The number of aliphatic hydroxyl groups is 1. The number of aromatic amines is 1. The number of piperidine rings is 3. The van der Waals surface area contributed by atoms with Crippen molar-refractivity contribution in [2.75, 3.05) is 46.3 Å². The maximum Gasteiger partial charge on any atom is 0.324 e. The third kappa shape index (κ3) is 10.3. The number of nitrogens with one attached hydrogen (secondary N) is 4. The summed E-state index contributed by atoms with van der Waals surface area (Å²) in [5, 5.41) is 40.0. The number of nitrogens with zero attached hydrogens (tertiary/aromatic N) is 1. The average Bonchev–Trinajstić information content (AvgIpc) is 3.79. The van der Waals surface area contributed by atoms with Gasteiger partial charge < -0.3 is 35.8 Å². The second-order valence-electron chi connectivity index (χ2n) is 13.7. The number of rotatable bonds is 13. The quantitative estimate of drug-likeness (QED) is 0.0786. The number of carbonyl (C=O) groups is 2. The molecule has 0 spiro atoms. The van der Waals surface area contributed by atoms with Crippen LogP contribution in [0.3, 0.4) is 0 Å². The Morgan fingerprint density at radius 2 is 1.69 bits per heavy atom. The van der Waals surface area contributed by atoms with Crippen LogP contribution in [0.5, 0.6) is 5.75 Å². The van der Waals surface area contributed by atoms with E-state index in [1.807, 2.05) is 37.4 Å². The Balaban J connectivity index is 0.000000162. The molecule has 3 fully saturated rings. The lowest BCUT2D eigenvalue weighted by atomic mass is 9.89. The van der Waals surface area contributed by atoms with Crippen molar-refractivity contribution in [2.24, 2.45) is 5.92 Å². The van der Waals surface area contributed by atoms with E-state index in [2.05, 4.69) is 25.8 Å². The van der Waals surface area contributed by atoms with Gasteiger partial charge in [-0.1, -0.05) is 30.3 Å². The van der Waals surface area contributed by atoms with E-state index in [4.69, 9.17) is 0 Å². The Kier molecular flexibility index (Phi) is 13.9. The van der Waals surface area contributed by atoms with E-state index in [-0.39, 0.29) is 11.3 Å². The number of phenols is 1. The number of unbranched alkanes of at least 4 members (excludes halogenated alkanes) is 1. The van der Waals surface area contributed by atoms with Gasteiger partial charge in [0.1, 0.15) is 11.3 Å². The van der Waals surface area contributed by atoms with Gasteiger partial charge in [-0.2, -0.15) is 0 Å². The minimum absolute atomic E-state index is 0.00340. The first-order valence-corrected chi connectivity index (χ1v) is 18.7. The van der Waals surface area contributed by atoms with Crippen LogP contribution >= 0.6 is 11.3 Å². The number of aromatic nitrogens is 1. The molecule has 4 aliphatic rings. The zero-order valence-corrected chi connectivity index (χ0v) is 30.1. The molecule has 7 N–H and O–H groups in total. The summed E-state index contributed by atoms with van der Waals surface area (Å²) in [5.74, 6) is 0.287. The third-order valence-electron chi connectivity index (χ3n) is 10.1. The van der Waals surface area contributed by atoms with Crippen molar-refractivity contribution in [3.8, 4) is 5.75 Å². The maximum atomic E-state index is 11.8. The Morgan fingerprint density at radius 3 is 2.25 bits per heavy atom. The predicted molar refractivity (Wildman–Crippen MR) is 202 cm³/mol. The first-order valence-electron chi connectivity index (χ1n) is 17.9. The molecule has 3 saturated heterocycles. The summed E-state index contributed by atoms with van der Waals surface area (Å²) in [6.45, 7) is 6.89. The van der Waals surface area contributed by atoms with Crippen LogP contribution in [0.1, 0.15) is 69.4 Å². The topological polar surface area (TPSA) is 167 Å². The van der Waals surface area contributed by atoms with Crippen molar-refractivity contribution < 1.29 is 24.9 Å². The number of thiophene rings is 1. The number of hydrogen-bond donors (Lipinski definition) is 7. The lowest BCUT2D eigenvalue weighted by molar-refractivity contribution is -0.144. The summed E-state index contributed by atoms with van der Waals surface area (Å²) in [5.41, 5.74) is 2.00. The highest BCUT2D eigenvalue weighted by atomic mass is 32.1. The minimum Gasteiger partial charge on any atom is -0.506 e. The molecule has 0 radical (unpaired) electrons. The second kappa shape index (κ2) is 18.5. The van der Waals surface area contributed by atoms with Crippen LogP contribution in [-0.4, -0.2) is 89.3 Å². The van der Waals surface area contributed by atoms with Gasteiger partial charge >= 0.3 is 5.97 Å². The number of carbonyl (C=O) groups excluding carboxylic acids is 1. The Morgan fingerprint density at radius 1 is 1.00 bits per heavy atom. The van der Waals surface area contributed by atoms with E-state index >= 15 is 0 Å². The van der Waals surface area contributed by atoms with Gasteiger partial charge in [-0.3, -0.25) is 19.7 Å². The molecular weight excluding hydrogens is 667 g/mol. The van der Waals surface area contributed by atoms with Crippen LogP contribution < -0.4 is 21.5 Å². The maximum absolute atomic E-state index is 11.8. The Labute approximate surface area is 303 Å². The Hall–Kier alpha value is -3.91. The molecule has 1 unspecified atom stereocenters. The van der Waals surface area contributed by atoms with Gasteiger partial charge in [0.05, 0.1) is 16.5 Å². The molecule has 51 heavy (non-hydrogen) atoms. The van der Waals surface area contributed by atoms with Crippen molar-refractivity contribution in [3.63, 3.8) is 0 Å². The van der Waals surface area contributed by atoms with Crippen LogP contribution in [0.15, 0.2) is 65.5 Å². The highest BCUT2D eigenvalue weighted by Crippen LogP contribution is 2.32. The molecule has 0 saturated carbocycles. The number of aliphatic carboxylic acids is 1. The van der Waals surface area contributed by atoms with Crippen molar-refractivity contribution >= 4 is 34.5 Å². The number of carboxylic acids is 1. The molecule has 5 heterocycles. The summed E-state index contributed by atoms with van der Waals surface area (Å²) in [6, 6.07) is 17.6. The highest BCUT2D eigenvalue weighted by molar-refractivity contribution is 7.13. The molecule has 2 bridgehead atoms. The monoisotopic (exact) mass is 717 g/mol. The molecule has 1 aliphatic carbocycles. The minimum atomic E-state index is -0.949. The molecule has 274 valence electrons. The van der Waals surface area contributed by atoms with E-state index in [0.717, 1.165) is 54.1 Å². The van der Waals surface area contributed by atoms with Gasteiger partial charge in [0.2, 0.25) is 5.56 Å². The molecular formula is C39H51N5O6S. The highest BCUT2D eigenvalue weighted by Gasteiger charge is 2.43. The molecule has 2 aromatic carbocycles. The van der Waals surface area contributed by atoms with Gasteiger partial charge in [0.15, 0.2) is 6.29 Å². The van der Waals surface area contributed by atoms with Crippen LogP contribution in [-0.2, 0) is 24.2 Å². The zero-order valence-electron chi connectivity index (χ0n) is 29.3. The van der Waals surface area contributed by atoms with E-state index in [1.54, 1.807) is 18.2 Å². The fraction of sp³-hybridized carbons (Fsp3) is 0.462. The molecule has 2 aromatic heterocycles. The van der Waals surface area contributed by atoms with Crippen LogP contribution in [0.4, 0.5) is 0 Å². The van der Waals surface area contributed by atoms with Crippen LogP contribution in [0.25, 0.3) is 10.9 Å². The third-order valence-corrected chi connectivity index (χ3v) is 11.1. The average molecular weight is 718 g/mol. The van der Waals surface area contributed by atoms with Gasteiger partial charge in [0.25, 0.3) is 0 Å². The van der Waals surface area contributed by atoms with Gasteiger partial charge in [-0.05, 0) is 119 Å². The van der Waals surface area contributed by atoms with Gasteiger partial charge in [0, 0.05) is 42.3 Å². The van der Waals surface area contributed by atoms with E-state index < -0.39 is 17.6 Å². The standard InChI is InChI=1S/C16H23N3O3.C16H15NO3S.C7H13N/c1-17-8-2-3-9-18-10-14(21)11-4-6-13(20)16-12(11)5-7-15(22)19-16;18-10-14-6-5-13(21-14)9-17-16(15(19)20)7-11-3-1-2-4-12(11)8-16;1-4-8-5-2-7(1)3-6-8/h4-7,14,17-18,20-21H,2-3,8-10H2,1H3,(H,19,22);1-6,10,17H,7-9H2,(H,19,20);7H,1-6H2. The van der Waals surface area contributed by atoms with Crippen molar-refractivity contribution in [1.29, 1.82) is 0 Å². The number of fused-ring (bicyclic) bond motifs is 5. The molecule has 1 atom stereocenters. The normalized spacial score (nSPS) is 18.9. The van der Waals surface area contributed by atoms with Gasteiger partial charge in [-0.15, -0.1) is 11.3 Å². The molecule has 8 rings (SSSR count). The Bertz CT molecular complexity index is 1750. The van der Waals surface area contributed by atoms with Crippen LogP contribution in [0.2, 0.25) is 0 Å². The lowest BCUT2D eigenvalue weighted by Gasteiger charge is -2.38. The van der Waals surface area contributed by atoms with E-state index in [1.165, 1.54) is 62.4 Å². The summed E-state index contributed by atoms with van der Waals surface area (Å²) in [7, 11) is 1.93. The smallest absolute Gasteiger partial charge is 0.324 e. The van der Waals surface area contributed by atoms with E-state index in [9.17, 15) is 29.7 Å². The number of aromatic hydroxyl groups is 1. The fourth-order valence-corrected chi connectivity index (χ4v) is 7.86. The van der Waals surface area contributed by atoms with Crippen molar-refractivity contribution in [3.05, 3.63) is 97.5 Å². The number of carboxylic acid groups (broad SMARTS) is 1. The van der Waals surface area contributed by atoms with Crippen LogP contribution in [0, 0.1) is 5.92 Å². The molecule has 4 aromatic rings. The molecule has 3 aliphatic heterocycles. The largest absolute Gasteiger partial charge is 0.506 e. The number of phenolic OH excluding ortho intramolecular Hbond substituents is 1. The first kappa shape index (κ1) is 38.3. The summed E-state index contributed by atoms with van der Waals surface area (Å²) in [4.78, 5) is 40.6. The number of aldehydes is 1. The summed E-state index contributed by atoms with van der Waals surface area (Å²) < 4.78 is 0. The number of aliphatic hydroxyl groups excluding tert-OH is 1. The lowest BCUT2D eigenvalue weighted by Crippen LogP contribution is -2.52. The second-order valence-corrected chi connectivity index (χ2v) is 14.9. The molecule has 12 heteroatoms. The van der Waals surface area contributed by atoms with Gasteiger partial charge in [-0.25, -0.2) is 0 Å². The summed E-state index contributed by atoms with van der Waals surface area (Å²) >= 11 is 1.39. The first-order chi connectivity index (χ1) is 24.7. The van der Waals surface area contributed by atoms with E-state index in [0.29, 0.717) is 47.3 Å². The van der Waals surface area contributed by atoms with Crippen molar-refractivity contribution in [1.82, 2.24) is 25.8 Å². The SMILES string of the molecule is C1CN2CCC1CC2.CNCCCCNCC(O)c1ccc(O)c2[nH]c(=O)ccc12.O=Cc1ccc(CNC2(C(=O)O)Cc3ccccc3C2)s1. The predicted octanol–water partition coefficient (Wildman–Crippen LogP) is 4.23. The number of H-pyrrole nitrogens is 1. The molecule has 11 nitrogen and oxygen atoms in total. The number of pyridine rings is 1. The summed E-state index contributed by atoms with van der Waals surface area (Å²) in [6.07, 6.45) is 7.68. The number of benzene rings is 2. The fourth-order valence-electron chi connectivity index (χ4n) is 7.09. The number of hydrogen-bond acceptors (Lipinski definition) is 10.